The molecule has 0 spiro atoms. The molecular formula is C36H40O16. The Morgan fingerprint density at radius 2 is 0.923 bits per heavy atom. The van der Waals surface area contributed by atoms with Gasteiger partial charge in [-0.25, -0.2) is 14.4 Å². The van der Waals surface area contributed by atoms with Crippen LogP contribution in [0.1, 0.15) is 38.0 Å². The predicted octanol–water partition coefficient (Wildman–Crippen LogP) is 3.65. The minimum Gasteiger partial charge on any atom is -0.493 e. The Labute approximate surface area is 299 Å². The van der Waals surface area contributed by atoms with Crippen LogP contribution in [0.5, 0.6) is 34.5 Å². The molecule has 1 fully saturated rings. The molecule has 0 aliphatic carbocycles. The Hall–Kier alpha value is -5.74. The van der Waals surface area contributed by atoms with Gasteiger partial charge in [-0.2, -0.15) is 0 Å². The van der Waals surface area contributed by atoms with Crippen molar-refractivity contribution in [3.05, 3.63) is 71.3 Å². The Balaban J connectivity index is 1.74. The zero-order chi connectivity index (χ0) is 37.9. The second kappa shape index (κ2) is 18.0. The molecule has 3 aromatic rings. The van der Waals surface area contributed by atoms with Gasteiger partial charge in [0.1, 0.15) is 12.7 Å². The first-order valence-corrected chi connectivity index (χ1v) is 15.6. The largest absolute Gasteiger partial charge is 0.493 e. The van der Waals surface area contributed by atoms with Crippen molar-refractivity contribution in [1.82, 2.24) is 0 Å². The second-order valence-corrected chi connectivity index (χ2v) is 10.9. The van der Waals surface area contributed by atoms with Crippen LogP contribution in [0.4, 0.5) is 0 Å². The molecule has 280 valence electrons. The lowest BCUT2D eigenvalue weighted by Gasteiger charge is -2.43. The zero-order valence-corrected chi connectivity index (χ0v) is 29.8. The van der Waals surface area contributed by atoms with Gasteiger partial charge in [-0.05, 0) is 54.6 Å². The third-order valence-electron chi connectivity index (χ3n) is 7.85. The van der Waals surface area contributed by atoms with E-state index in [4.69, 9.17) is 56.8 Å². The average Bonchev–Trinajstić information content (AvgIpc) is 3.17. The van der Waals surface area contributed by atoms with Gasteiger partial charge in [0.15, 0.2) is 59.1 Å². The van der Waals surface area contributed by atoms with Gasteiger partial charge in [-0.15, -0.1) is 0 Å². The van der Waals surface area contributed by atoms with E-state index in [1.54, 1.807) is 0 Å². The molecule has 5 atom stereocenters. The molecule has 0 N–H and O–H groups in total. The number of methoxy groups -OCH3 is 7. The summed E-state index contributed by atoms with van der Waals surface area (Å²) in [6.45, 7) is 0.579. The van der Waals surface area contributed by atoms with E-state index in [1.165, 1.54) is 104 Å². The Morgan fingerprint density at radius 1 is 0.519 bits per heavy atom. The first-order valence-electron chi connectivity index (χ1n) is 15.6. The molecule has 0 unspecified atom stereocenters. The molecule has 3 aromatic carbocycles. The molecule has 1 heterocycles. The van der Waals surface area contributed by atoms with Crippen molar-refractivity contribution in [3.63, 3.8) is 0 Å². The molecule has 1 saturated heterocycles. The van der Waals surface area contributed by atoms with Gasteiger partial charge in [-0.3, -0.25) is 4.79 Å². The lowest BCUT2D eigenvalue weighted by atomic mass is 9.97. The van der Waals surface area contributed by atoms with E-state index in [9.17, 15) is 19.2 Å². The summed E-state index contributed by atoms with van der Waals surface area (Å²) < 4.78 is 66.3. The van der Waals surface area contributed by atoms with E-state index in [1.807, 2.05) is 0 Å². The minimum atomic E-state index is -1.57. The predicted molar refractivity (Wildman–Crippen MR) is 179 cm³/mol. The smallest absolute Gasteiger partial charge is 0.338 e. The fourth-order valence-electron chi connectivity index (χ4n) is 5.31. The van der Waals surface area contributed by atoms with E-state index < -0.39 is 61.2 Å². The normalized spacial score (nSPS) is 19.3. The third kappa shape index (κ3) is 8.94. The summed E-state index contributed by atoms with van der Waals surface area (Å²) in [5, 5.41) is 0. The lowest BCUT2D eigenvalue weighted by molar-refractivity contribution is -0.296. The van der Waals surface area contributed by atoms with Crippen LogP contribution in [0.2, 0.25) is 0 Å². The van der Waals surface area contributed by atoms with E-state index in [0.717, 1.165) is 6.92 Å². The first kappa shape index (κ1) is 39.1. The molecule has 4 rings (SSSR count). The molecule has 0 radical (unpaired) electrons. The summed E-state index contributed by atoms with van der Waals surface area (Å²) in [6.07, 6.45) is -7.32. The fraction of sp³-hybridized carbons (Fsp3) is 0.389. The molecule has 0 saturated carbocycles. The molecule has 52 heavy (non-hydrogen) atoms. The van der Waals surface area contributed by atoms with Crippen molar-refractivity contribution in [2.45, 2.75) is 37.6 Å². The van der Waals surface area contributed by atoms with Crippen molar-refractivity contribution in [2.24, 2.45) is 0 Å². The van der Waals surface area contributed by atoms with Gasteiger partial charge < -0.3 is 56.8 Å². The van der Waals surface area contributed by atoms with Gasteiger partial charge in [0, 0.05) is 14.0 Å². The maximum atomic E-state index is 13.7. The fourth-order valence-corrected chi connectivity index (χ4v) is 5.31. The Bertz CT molecular complexity index is 1740. The van der Waals surface area contributed by atoms with Crippen LogP contribution in [-0.2, 0) is 33.2 Å². The summed E-state index contributed by atoms with van der Waals surface area (Å²) >= 11 is 0. The Morgan fingerprint density at radius 3 is 1.31 bits per heavy atom. The maximum Gasteiger partial charge on any atom is 0.338 e. The van der Waals surface area contributed by atoms with E-state index in [-0.39, 0.29) is 33.9 Å². The van der Waals surface area contributed by atoms with Gasteiger partial charge in [0.25, 0.3) is 0 Å². The molecule has 1 aliphatic heterocycles. The average molecular weight is 729 g/mol. The number of esters is 4. The van der Waals surface area contributed by atoms with Crippen LogP contribution in [0.25, 0.3) is 0 Å². The molecule has 1 aliphatic rings. The van der Waals surface area contributed by atoms with Gasteiger partial charge in [0.2, 0.25) is 0 Å². The van der Waals surface area contributed by atoms with Gasteiger partial charge >= 0.3 is 23.9 Å². The molecule has 16 heteroatoms. The van der Waals surface area contributed by atoms with Crippen LogP contribution in [0, 0.1) is 0 Å². The van der Waals surface area contributed by atoms with Crippen molar-refractivity contribution >= 4 is 23.9 Å². The standard InChI is InChI=1S/C36H40O16/c1-19(37)49-32-31(52-35(40)22-11-14-25(43-4)28(17-22)46-7)30(51-34(39)21-10-13-24(42-3)27(16-21)45-6)29(50-36(32)47-8)18-48-33(38)20-9-12-23(41-2)26(15-20)44-5/h9-17,29-32,36H,18H2,1-8H3/t29-,30-,31+,32-,36+/m1/s1. The molecule has 0 aromatic heterocycles. The van der Waals surface area contributed by atoms with Crippen LogP contribution in [0.3, 0.4) is 0 Å². The van der Waals surface area contributed by atoms with E-state index >= 15 is 0 Å². The number of carbonyl (C=O) groups is 4. The van der Waals surface area contributed by atoms with Crippen LogP contribution in [-0.4, -0.2) is 111 Å². The van der Waals surface area contributed by atoms with Gasteiger partial charge in [-0.1, -0.05) is 0 Å². The number of carbonyl (C=O) groups excluding carboxylic acids is 4. The molecule has 0 amide bonds. The van der Waals surface area contributed by atoms with Crippen LogP contribution >= 0.6 is 0 Å². The maximum absolute atomic E-state index is 13.7. The zero-order valence-electron chi connectivity index (χ0n) is 29.8. The van der Waals surface area contributed by atoms with Crippen molar-refractivity contribution in [3.8, 4) is 34.5 Å². The molecule has 0 bridgehead atoms. The van der Waals surface area contributed by atoms with Crippen molar-refractivity contribution < 1.29 is 76.0 Å². The monoisotopic (exact) mass is 728 g/mol. The number of benzene rings is 3. The summed E-state index contributed by atoms with van der Waals surface area (Å²) in [7, 11) is 9.77. The molecule has 16 nitrogen and oxygen atoms in total. The lowest BCUT2D eigenvalue weighted by Crippen LogP contribution is -2.62. The van der Waals surface area contributed by atoms with Crippen molar-refractivity contribution in [2.75, 3.05) is 56.4 Å². The number of ether oxygens (including phenoxy) is 12. The number of hydrogen-bond donors (Lipinski definition) is 0. The van der Waals surface area contributed by atoms with E-state index in [0.29, 0.717) is 17.2 Å². The highest BCUT2D eigenvalue weighted by Crippen LogP contribution is 2.34. The van der Waals surface area contributed by atoms with E-state index in [2.05, 4.69) is 0 Å². The summed E-state index contributed by atoms with van der Waals surface area (Å²) in [5.74, 6) is -1.62. The molecular weight excluding hydrogens is 688 g/mol. The first-order chi connectivity index (χ1) is 25.0. The topological polar surface area (TPSA) is 179 Å². The highest BCUT2D eigenvalue weighted by atomic mass is 16.7. The van der Waals surface area contributed by atoms with Crippen molar-refractivity contribution in [1.29, 1.82) is 0 Å². The highest BCUT2D eigenvalue weighted by Gasteiger charge is 2.53. The Kier molecular flexibility index (Phi) is 13.5. The second-order valence-electron chi connectivity index (χ2n) is 10.9. The highest BCUT2D eigenvalue weighted by molar-refractivity contribution is 5.92. The summed E-state index contributed by atoms with van der Waals surface area (Å²) in [6, 6.07) is 13.0. The van der Waals surface area contributed by atoms with Crippen LogP contribution in [0.15, 0.2) is 54.6 Å². The quantitative estimate of drug-likeness (QED) is 0.163. The SMILES string of the molecule is COc1ccc(C(=O)OC[C@H]2O[C@H](OC)[C@H](OC(C)=O)[C@@H](OC(=O)c3ccc(OC)c(OC)c3)[C@@H]2OC(=O)c2ccc(OC)c(OC)c2)cc1OC. The third-order valence-corrected chi connectivity index (χ3v) is 7.85. The summed E-state index contributed by atoms with van der Waals surface area (Å²) in [4.78, 5) is 53.0. The number of rotatable bonds is 15. The number of hydrogen-bond acceptors (Lipinski definition) is 16. The summed E-state index contributed by atoms with van der Waals surface area (Å²) in [5.41, 5.74) is 0.132. The minimum absolute atomic E-state index is 0.0149. The van der Waals surface area contributed by atoms with Crippen LogP contribution < -0.4 is 28.4 Å². The van der Waals surface area contributed by atoms with Gasteiger partial charge in [0.05, 0.1) is 59.3 Å².